The minimum atomic E-state index is -0.774. The molecule has 0 amide bonds. The Balaban J connectivity index is 3.99. The number of carbonyl (C=O) groups is 3. The fourth-order valence-corrected chi connectivity index (χ4v) is 9.88. The summed E-state index contributed by atoms with van der Waals surface area (Å²) in [7, 11) is 0. The van der Waals surface area contributed by atoms with Crippen LogP contribution in [0.15, 0.2) is 72.9 Å². The lowest BCUT2D eigenvalue weighted by Gasteiger charge is -2.18. The van der Waals surface area contributed by atoms with Crippen LogP contribution in [0.4, 0.5) is 0 Å². The number of rotatable bonds is 62. The Hall–Kier alpha value is -3.15. The maximum Gasteiger partial charge on any atom is 0.306 e. The van der Waals surface area contributed by atoms with Crippen molar-refractivity contribution in [2.45, 2.75) is 354 Å². The van der Waals surface area contributed by atoms with Crippen molar-refractivity contribution < 1.29 is 28.6 Å². The molecule has 1 atom stereocenters. The minimum absolute atomic E-state index is 0.0730. The van der Waals surface area contributed by atoms with Gasteiger partial charge in [0, 0.05) is 19.3 Å². The van der Waals surface area contributed by atoms with Gasteiger partial charge in [0.05, 0.1) is 0 Å². The van der Waals surface area contributed by atoms with E-state index in [0.717, 1.165) is 96.3 Å². The van der Waals surface area contributed by atoms with Crippen LogP contribution >= 0.6 is 0 Å². The molecular weight excluding hydrogens is 961 g/mol. The second-order valence-electron chi connectivity index (χ2n) is 22.7. The van der Waals surface area contributed by atoms with E-state index in [9.17, 15) is 14.4 Å². The Labute approximate surface area is 484 Å². The summed E-state index contributed by atoms with van der Waals surface area (Å²) in [6.45, 7) is 6.51. The summed E-state index contributed by atoms with van der Waals surface area (Å²) in [6.07, 6.45) is 86.7. The lowest BCUT2D eigenvalue weighted by atomic mass is 10.0. The summed E-state index contributed by atoms with van der Waals surface area (Å²) >= 11 is 0. The highest BCUT2D eigenvalue weighted by Gasteiger charge is 2.19. The minimum Gasteiger partial charge on any atom is -0.462 e. The van der Waals surface area contributed by atoms with Gasteiger partial charge in [-0.3, -0.25) is 14.4 Å². The van der Waals surface area contributed by atoms with Crippen molar-refractivity contribution in [3.05, 3.63) is 72.9 Å². The topological polar surface area (TPSA) is 78.9 Å². The standard InChI is InChI=1S/C72H128O6/c1-4-7-10-13-16-19-21-23-25-27-28-29-30-31-32-33-34-35-36-37-38-39-40-41-42-43-44-46-47-49-51-53-56-59-62-65-71(74)77-68-69(67-76-70(73)64-61-58-55-18-15-12-9-6-3)78-72(75)66-63-60-57-54-52-50-48-45-26-24-22-20-17-14-11-8-5-2/h7,10,16-17,19-20,23-26,28-29,69H,4-6,8-9,11-15,18,21-22,27,30-68H2,1-3H3/b10-7-,19-16-,20-17-,25-23-,26-24-,29-28-. The van der Waals surface area contributed by atoms with Gasteiger partial charge in [0.25, 0.3) is 0 Å². The summed E-state index contributed by atoms with van der Waals surface area (Å²) in [5, 5.41) is 0. The zero-order valence-corrected chi connectivity index (χ0v) is 51.9. The highest BCUT2D eigenvalue weighted by molar-refractivity contribution is 5.71. The van der Waals surface area contributed by atoms with Gasteiger partial charge in [0.1, 0.15) is 13.2 Å². The van der Waals surface area contributed by atoms with Gasteiger partial charge in [-0.2, -0.15) is 0 Å². The Morgan fingerprint density at radius 2 is 0.500 bits per heavy atom. The SMILES string of the molecule is CC/C=C\C/C=C\C/C=C\C/C=C\CCCCCCCCCCCCCCCCCCCCCCCCC(=O)OCC(COC(=O)CCCCCCCCCC)OC(=O)CCCCCCCCC/C=C\C/C=C\CCCCC. The van der Waals surface area contributed by atoms with Crippen molar-refractivity contribution in [2.24, 2.45) is 0 Å². The fourth-order valence-electron chi connectivity index (χ4n) is 9.88. The number of allylic oxidation sites excluding steroid dienone is 12. The highest BCUT2D eigenvalue weighted by Crippen LogP contribution is 2.18. The van der Waals surface area contributed by atoms with Crippen molar-refractivity contribution in [3.63, 3.8) is 0 Å². The average molecular weight is 1090 g/mol. The van der Waals surface area contributed by atoms with E-state index < -0.39 is 6.10 Å². The lowest BCUT2D eigenvalue weighted by molar-refractivity contribution is -0.167. The molecule has 0 saturated carbocycles. The molecule has 0 aromatic rings. The maximum atomic E-state index is 12.9. The van der Waals surface area contributed by atoms with Gasteiger partial charge in [0.15, 0.2) is 6.10 Å². The van der Waals surface area contributed by atoms with Crippen molar-refractivity contribution >= 4 is 17.9 Å². The Morgan fingerprint density at radius 3 is 0.808 bits per heavy atom. The first-order valence-corrected chi connectivity index (χ1v) is 33.9. The van der Waals surface area contributed by atoms with Crippen LogP contribution < -0.4 is 0 Å². The van der Waals surface area contributed by atoms with Gasteiger partial charge in [0.2, 0.25) is 0 Å². The number of hydrogen-bond donors (Lipinski definition) is 0. The molecule has 0 radical (unpaired) electrons. The predicted octanol–water partition coefficient (Wildman–Crippen LogP) is 23.3. The molecule has 0 aliphatic heterocycles. The molecule has 0 rings (SSSR count). The summed E-state index contributed by atoms with van der Waals surface area (Å²) in [5.41, 5.74) is 0. The molecule has 0 spiro atoms. The van der Waals surface area contributed by atoms with E-state index in [0.29, 0.717) is 19.3 Å². The van der Waals surface area contributed by atoms with Crippen LogP contribution in [0, 0.1) is 0 Å². The molecule has 0 aliphatic carbocycles. The maximum absolute atomic E-state index is 12.9. The molecule has 1 unspecified atom stereocenters. The van der Waals surface area contributed by atoms with E-state index in [1.807, 2.05) is 0 Å². The molecule has 0 aromatic carbocycles. The van der Waals surface area contributed by atoms with Gasteiger partial charge in [-0.05, 0) is 89.9 Å². The Morgan fingerprint density at radius 1 is 0.269 bits per heavy atom. The van der Waals surface area contributed by atoms with Gasteiger partial charge < -0.3 is 14.2 Å². The molecule has 0 aromatic heterocycles. The van der Waals surface area contributed by atoms with Crippen LogP contribution in [0.3, 0.4) is 0 Å². The van der Waals surface area contributed by atoms with E-state index in [-0.39, 0.29) is 31.1 Å². The zero-order chi connectivity index (χ0) is 56.4. The first-order chi connectivity index (χ1) is 38.5. The van der Waals surface area contributed by atoms with Crippen LogP contribution in [0.2, 0.25) is 0 Å². The quantitative estimate of drug-likeness (QED) is 0.0261. The number of esters is 3. The third kappa shape index (κ3) is 63.7. The average Bonchev–Trinajstić information content (AvgIpc) is 3.44. The van der Waals surface area contributed by atoms with Crippen molar-refractivity contribution in [1.82, 2.24) is 0 Å². The second-order valence-corrected chi connectivity index (χ2v) is 22.7. The fraction of sp³-hybridized carbons (Fsp3) is 0.792. The molecule has 0 aliphatic rings. The number of ether oxygens (including phenoxy) is 3. The smallest absolute Gasteiger partial charge is 0.306 e. The zero-order valence-electron chi connectivity index (χ0n) is 51.9. The van der Waals surface area contributed by atoms with E-state index in [2.05, 4.69) is 93.7 Å². The number of unbranched alkanes of at least 4 members (excludes halogenated alkanes) is 39. The normalized spacial score (nSPS) is 12.5. The van der Waals surface area contributed by atoms with Gasteiger partial charge in [-0.1, -0.05) is 312 Å². The van der Waals surface area contributed by atoms with Crippen LogP contribution in [0.25, 0.3) is 0 Å². The summed E-state index contributed by atoms with van der Waals surface area (Å²) in [4.78, 5) is 38.1. The molecule has 0 saturated heterocycles. The molecule has 6 nitrogen and oxygen atoms in total. The molecule has 0 heterocycles. The first-order valence-electron chi connectivity index (χ1n) is 33.9. The van der Waals surface area contributed by atoms with Gasteiger partial charge in [-0.25, -0.2) is 0 Å². The molecular formula is C72H128O6. The van der Waals surface area contributed by atoms with E-state index in [4.69, 9.17) is 14.2 Å². The largest absolute Gasteiger partial charge is 0.462 e. The molecule has 6 heteroatoms. The van der Waals surface area contributed by atoms with Crippen LogP contribution in [0.1, 0.15) is 348 Å². The van der Waals surface area contributed by atoms with E-state index >= 15 is 0 Å². The molecule has 0 N–H and O–H groups in total. The summed E-state index contributed by atoms with van der Waals surface area (Å²) in [5.74, 6) is -0.867. The van der Waals surface area contributed by atoms with Crippen LogP contribution in [-0.4, -0.2) is 37.2 Å². The number of carbonyl (C=O) groups excluding carboxylic acids is 3. The van der Waals surface area contributed by atoms with E-state index in [1.165, 1.54) is 212 Å². The highest BCUT2D eigenvalue weighted by atomic mass is 16.6. The summed E-state index contributed by atoms with van der Waals surface area (Å²) in [6, 6.07) is 0. The van der Waals surface area contributed by atoms with Crippen molar-refractivity contribution in [3.8, 4) is 0 Å². The Bertz CT molecular complexity index is 1440. The third-order valence-corrected chi connectivity index (χ3v) is 14.9. The first kappa shape index (κ1) is 74.8. The molecule has 0 fully saturated rings. The van der Waals surface area contributed by atoms with Gasteiger partial charge in [-0.15, -0.1) is 0 Å². The molecule has 0 bridgehead atoms. The summed E-state index contributed by atoms with van der Waals surface area (Å²) < 4.78 is 16.9. The Kier molecular flexibility index (Phi) is 63.7. The monoisotopic (exact) mass is 1090 g/mol. The van der Waals surface area contributed by atoms with Crippen molar-refractivity contribution in [1.29, 1.82) is 0 Å². The predicted molar refractivity (Wildman–Crippen MR) is 339 cm³/mol. The van der Waals surface area contributed by atoms with Gasteiger partial charge >= 0.3 is 17.9 Å². The lowest BCUT2D eigenvalue weighted by Crippen LogP contribution is -2.30. The van der Waals surface area contributed by atoms with Crippen LogP contribution in [0.5, 0.6) is 0 Å². The second kappa shape index (κ2) is 66.4. The van der Waals surface area contributed by atoms with E-state index in [1.54, 1.807) is 0 Å². The molecule has 78 heavy (non-hydrogen) atoms. The third-order valence-electron chi connectivity index (χ3n) is 14.9. The van der Waals surface area contributed by atoms with Crippen LogP contribution in [-0.2, 0) is 28.6 Å². The van der Waals surface area contributed by atoms with Crippen molar-refractivity contribution in [2.75, 3.05) is 13.2 Å². The molecule has 452 valence electrons. The number of hydrogen-bond acceptors (Lipinski definition) is 6.